The summed E-state index contributed by atoms with van der Waals surface area (Å²) in [6, 6.07) is 2.13. The Morgan fingerprint density at radius 1 is 1.32 bits per heavy atom. The fraction of sp³-hybridized carbons (Fsp3) is 0.733. The molecule has 0 atom stereocenters. The second kappa shape index (κ2) is 6.21. The van der Waals surface area contributed by atoms with Crippen molar-refractivity contribution in [2.75, 3.05) is 0 Å². The zero-order valence-electron chi connectivity index (χ0n) is 12.6. The molecule has 19 heavy (non-hydrogen) atoms. The largest absolute Gasteiger partial charge is 0.383 e. The lowest BCUT2D eigenvalue weighted by molar-refractivity contribution is -0.0568. The Bertz CT molecular complexity index is 446. The van der Waals surface area contributed by atoms with Crippen LogP contribution in [0.3, 0.4) is 0 Å². The van der Waals surface area contributed by atoms with E-state index in [0.29, 0.717) is 11.4 Å². The molecule has 0 saturated heterocycles. The lowest BCUT2D eigenvalue weighted by atomic mass is 9.77. The summed E-state index contributed by atoms with van der Waals surface area (Å²) < 4.78 is 0. The lowest BCUT2D eigenvalue weighted by Crippen LogP contribution is -2.38. The Hall–Kier alpha value is -1.34. The Balaban J connectivity index is 3.24. The first kappa shape index (κ1) is 15.7. The number of aryl methyl sites for hydroxylation is 1. The minimum atomic E-state index is -1.06. The van der Waals surface area contributed by atoms with Gasteiger partial charge >= 0.3 is 0 Å². The van der Waals surface area contributed by atoms with Gasteiger partial charge in [0.05, 0.1) is 0 Å². The number of hydrogen-bond acceptors (Lipinski definition) is 3. The summed E-state index contributed by atoms with van der Waals surface area (Å²) in [5.74, 6) is 0.803. The maximum absolute atomic E-state index is 11.0. The van der Waals surface area contributed by atoms with Crippen molar-refractivity contribution in [3.05, 3.63) is 17.2 Å². The average molecular weight is 263 g/mol. The first-order chi connectivity index (χ1) is 8.87. The number of imidazole rings is 1. The molecule has 2 N–H and O–H groups in total. The van der Waals surface area contributed by atoms with E-state index in [0.717, 1.165) is 25.1 Å². The van der Waals surface area contributed by atoms with Gasteiger partial charge in [0.15, 0.2) is 0 Å². The van der Waals surface area contributed by atoms with E-state index in [1.54, 1.807) is 0 Å². The van der Waals surface area contributed by atoms with Crippen molar-refractivity contribution in [3.8, 4) is 6.07 Å². The van der Waals surface area contributed by atoms with Crippen molar-refractivity contribution in [1.82, 2.24) is 9.97 Å². The summed E-state index contributed by atoms with van der Waals surface area (Å²) in [4.78, 5) is 7.55. The molecule has 1 aromatic heterocycles. The predicted molar refractivity (Wildman–Crippen MR) is 75.5 cm³/mol. The molecule has 0 spiro atoms. The quantitative estimate of drug-likeness (QED) is 0.828. The normalized spacial score (nSPS) is 12.2. The summed E-state index contributed by atoms with van der Waals surface area (Å²) >= 11 is 0. The van der Waals surface area contributed by atoms with Gasteiger partial charge in [-0.15, -0.1) is 0 Å². The maximum atomic E-state index is 11.0. The number of aromatic amines is 1. The second-order valence-electron chi connectivity index (χ2n) is 5.76. The van der Waals surface area contributed by atoms with Gasteiger partial charge in [0.1, 0.15) is 28.9 Å². The van der Waals surface area contributed by atoms with Crippen LogP contribution >= 0.6 is 0 Å². The van der Waals surface area contributed by atoms with E-state index in [1.165, 1.54) is 0 Å². The molecule has 0 saturated carbocycles. The maximum Gasteiger partial charge on any atom is 0.143 e. The molecule has 0 unspecified atom stereocenters. The van der Waals surface area contributed by atoms with Gasteiger partial charge in [0.25, 0.3) is 0 Å². The minimum Gasteiger partial charge on any atom is -0.383 e. The zero-order valence-corrected chi connectivity index (χ0v) is 12.6. The Kier molecular flexibility index (Phi) is 5.13. The molecular weight excluding hydrogens is 238 g/mol. The number of H-pyrrole nitrogens is 1. The SMILES string of the molecule is CCCCc1nc(C(O)(C(C)C)C(C)C)c(C#N)[nH]1. The number of rotatable bonds is 6. The third kappa shape index (κ3) is 2.98. The van der Waals surface area contributed by atoms with Crippen molar-refractivity contribution in [2.24, 2.45) is 11.8 Å². The van der Waals surface area contributed by atoms with E-state index in [1.807, 2.05) is 27.7 Å². The van der Waals surface area contributed by atoms with E-state index in [2.05, 4.69) is 23.0 Å². The van der Waals surface area contributed by atoms with Crippen LogP contribution in [0.15, 0.2) is 0 Å². The van der Waals surface area contributed by atoms with Crippen LogP contribution in [0.4, 0.5) is 0 Å². The van der Waals surface area contributed by atoms with Gasteiger partial charge in [0.2, 0.25) is 0 Å². The van der Waals surface area contributed by atoms with E-state index in [-0.39, 0.29) is 11.8 Å². The van der Waals surface area contributed by atoms with Crippen molar-refractivity contribution in [2.45, 2.75) is 59.5 Å². The van der Waals surface area contributed by atoms with Crippen LogP contribution < -0.4 is 0 Å². The molecule has 4 nitrogen and oxygen atoms in total. The number of nitrogens with zero attached hydrogens (tertiary/aromatic N) is 2. The molecule has 1 rings (SSSR count). The fourth-order valence-corrected chi connectivity index (χ4v) is 2.47. The monoisotopic (exact) mass is 263 g/mol. The molecule has 0 aliphatic heterocycles. The minimum absolute atomic E-state index is 0.00178. The molecule has 0 aliphatic rings. The number of aliphatic hydroxyl groups is 1. The molecule has 0 fully saturated rings. The Labute approximate surface area is 115 Å². The summed E-state index contributed by atoms with van der Waals surface area (Å²) in [6.07, 6.45) is 2.92. The number of unbranched alkanes of at least 4 members (excludes halogenated alkanes) is 1. The van der Waals surface area contributed by atoms with Gasteiger partial charge in [-0.2, -0.15) is 5.26 Å². The van der Waals surface area contributed by atoms with Crippen molar-refractivity contribution < 1.29 is 5.11 Å². The summed E-state index contributed by atoms with van der Waals surface area (Å²) in [5.41, 5.74) is -0.159. The topological polar surface area (TPSA) is 72.7 Å². The Morgan fingerprint density at radius 2 is 1.89 bits per heavy atom. The van der Waals surface area contributed by atoms with E-state index in [9.17, 15) is 10.4 Å². The third-order valence-electron chi connectivity index (χ3n) is 3.77. The van der Waals surface area contributed by atoms with Crippen molar-refractivity contribution >= 4 is 0 Å². The summed E-state index contributed by atoms with van der Waals surface area (Å²) in [5, 5.41) is 20.2. The van der Waals surface area contributed by atoms with Gasteiger partial charge in [-0.25, -0.2) is 4.98 Å². The first-order valence-corrected chi connectivity index (χ1v) is 7.09. The number of hydrogen-bond donors (Lipinski definition) is 2. The second-order valence-corrected chi connectivity index (χ2v) is 5.76. The van der Waals surface area contributed by atoms with Crippen LogP contribution in [0.1, 0.15) is 64.7 Å². The van der Waals surface area contributed by atoms with E-state index >= 15 is 0 Å². The highest BCUT2D eigenvalue weighted by molar-refractivity contribution is 5.33. The van der Waals surface area contributed by atoms with E-state index in [4.69, 9.17) is 0 Å². The molecule has 1 heterocycles. The molecule has 4 heteroatoms. The molecular formula is C15H25N3O. The number of nitrogens with one attached hydrogen (secondary N) is 1. The highest BCUT2D eigenvalue weighted by atomic mass is 16.3. The van der Waals surface area contributed by atoms with Gasteiger partial charge in [-0.3, -0.25) is 0 Å². The molecule has 0 aromatic carbocycles. The first-order valence-electron chi connectivity index (χ1n) is 7.09. The van der Waals surface area contributed by atoms with Gasteiger partial charge in [-0.1, -0.05) is 41.0 Å². The summed E-state index contributed by atoms with van der Waals surface area (Å²) in [6.45, 7) is 9.96. The zero-order chi connectivity index (χ0) is 14.6. The molecule has 106 valence electrons. The van der Waals surface area contributed by atoms with Crippen LogP contribution in [0.5, 0.6) is 0 Å². The smallest absolute Gasteiger partial charge is 0.143 e. The molecule has 1 aromatic rings. The van der Waals surface area contributed by atoms with Crippen molar-refractivity contribution in [3.63, 3.8) is 0 Å². The Morgan fingerprint density at radius 3 is 2.32 bits per heavy atom. The highest BCUT2D eigenvalue weighted by Gasteiger charge is 2.41. The third-order valence-corrected chi connectivity index (χ3v) is 3.77. The van der Waals surface area contributed by atoms with Gasteiger partial charge in [0, 0.05) is 6.42 Å². The highest BCUT2D eigenvalue weighted by Crippen LogP contribution is 2.37. The van der Waals surface area contributed by atoms with E-state index < -0.39 is 5.60 Å². The predicted octanol–water partition coefficient (Wildman–Crippen LogP) is 3.12. The van der Waals surface area contributed by atoms with Crippen LogP contribution in [0.2, 0.25) is 0 Å². The van der Waals surface area contributed by atoms with Gasteiger partial charge in [-0.05, 0) is 18.3 Å². The molecule has 0 aliphatic carbocycles. The van der Waals surface area contributed by atoms with Crippen LogP contribution in [-0.2, 0) is 12.0 Å². The molecule has 0 bridgehead atoms. The fourth-order valence-electron chi connectivity index (χ4n) is 2.47. The average Bonchev–Trinajstić information content (AvgIpc) is 2.78. The van der Waals surface area contributed by atoms with Crippen LogP contribution in [-0.4, -0.2) is 15.1 Å². The summed E-state index contributed by atoms with van der Waals surface area (Å²) in [7, 11) is 0. The van der Waals surface area contributed by atoms with Crippen LogP contribution in [0, 0.1) is 23.2 Å². The molecule has 0 amide bonds. The molecule has 0 radical (unpaired) electrons. The van der Waals surface area contributed by atoms with Crippen LogP contribution in [0.25, 0.3) is 0 Å². The van der Waals surface area contributed by atoms with Gasteiger partial charge < -0.3 is 10.1 Å². The number of nitriles is 1. The van der Waals surface area contributed by atoms with Crippen molar-refractivity contribution in [1.29, 1.82) is 5.26 Å². The standard InChI is InChI=1S/C15H25N3O/c1-6-7-8-13-17-12(9-16)14(18-13)15(19,10(2)3)11(4)5/h10-11,19H,6-8H2,1-5H3,(H,17,18). The number of aromatic nitrogens is 2. The lowest BCUT2D eigenvalue weighted by Gasteiger charge is -2.34.